The average molecular weight is 422 g/mol. The normalized spacial score (nSPS) is 12.3. The number of carbonyl (C=O) groups is 2. The van der Waals surface area contributed by atoms with Crippen LogP contribution in [-0.4, -0.2) is 33.4 Å². The molecular formula is C16H21N4O4Y-. The summed E-state index contributed by atoms with van der Waals surface area (Å²) in [5, 5.41) is 5.89. The van der Waals surface area contributed by atoms with Crippen molar-refractivity contribution in [3.63, 3.8) is 0 Å². The van der Waals surface area contributed by atoms with Crippen LogP contribution in [-0.2, 0) is 42.2 Å². The number of rotatable bonds is 4. The third kappa shape index (κ3) is 5.68. The summed E-state index contributed by atoms with van der Waals surface area (Å²) in [6.07, 6.45) is -0.620. The summed E-state index contributed by atoms with van der Waals surface area (Å²) in [5.74, 6) is -0.664. The van der Waals surface area contributed by atoms with Gasteiger partial charge in [-0.3, -0.25) is 9.89 Å². The summed E-state index contributed by atoms with van der Waals surface area (Å²) in [6, 6.07) is 4.66. The van der Waals surface area contributed by atoms with Crippen molar-refractivity contribution in [2.45, 2.75) is 45.8 Å². The van der Waals surface area contributed by atoms with Crippen molar-refractivity contribution in [2.75, 3.05) is 5.32 Å². The maximum absolute atomic E-state index is 12.2. The number of H-pyrrole nitrogens is 1. The fraction of sp³-hybridized carbons (Fsp3) is 0.438. The van der Waals surface area contributed by atoms with E-state index in [4.69, 9.17) is 10.5 Å². The number of aromatic nitrogens is 2. The molecule has 1 unspecified atom stereocenters. The van der Waals surface area contributed by atoms with Crippen LogP contribution in [0.1, 0.15) is 34.1 Å². The first-order valence-electron chi connectivity index (χ1n) is 7.56. The minimum atomic E-state index is -0.691. The Labute approximate surface area is 170 Å². The molecule has 25 heavy (non-hydrogen) atoms. The van der Waals surface area contributed by atoms with Crippen LogP contribution in [0, 0.1) is 0 Å². The van der Waals surface area contributed by atoms with E-state index in [1.54, 1.807) is 45.9 Å². The van der Waals surface area contributed by atoms with Crippen LogP contribution in [0.25, 0.3) is 16.6 Å². The fourth-order valence-electron chi connectivity index (χ4n) is 2.29. The molecule has 0 saturated carbocycles. The second-order valence-electron chi connectivity index (χ2n) is 6.66. The van der Waals surface area contributed by atoms with Crippen molar-refractivity contribution in [3.8, 4) is 0 Å². The van der Waals surface area contributed by atoms with Gasteiger partial charge in [-0.05, 0) is 45.9 Å². The number of anilines is 1. The Morgan fingerprint density at radius 2 is 2.00 bits per heavy atom. The summed E-state index contributed by atoms with van der Waals surface area (Å²) in [7, 11) is 0. The molecule has 1 heterocycles. The van der Waals surface area contributed by atoms with E-state index in [1.807, 2.05) is 0 Å². The fourth-order valence-corrected chi connectivity index (χ4v) is 2.29. The SMILES string of the molecule is CC(CC([NH-])=O)Nc1ccc2c(=O)[nH]n(C(=O)OC(C)(C)C)c2c1.[Y]. The van der Waals surface area contributed by atoms with Gasteiger partial charge in [0.15, 0.2) is 0 Å². The number of carbonyl (C=O) groups excluding carboxylic acids is 2. The molecular weight excluding hydrogens is 401 g/mol. The molecule has 0 saturated heterocycles. The van der Waals surface area contributed by atoms with Crippen molar-refractivity contribution >= 4 is 28.6 Å². The summed E-state index contributed by atoms with van der Waals surface area (Å²) < 4.78 is 6.35. The van der Waals surface area contributed by atoms with E-state index >= 15 is 0 Å². The molecule has 1 amide bonds. The van der Waals surface area contributed by atoms with Crippen molar-refractivity contribution in [3.05, 3.63) is 34.3 Å². The maximum atomic E-state index is 12.2. The standard InChI is InChI=1S/C16H22N4O4.Y/c1-9(7-13(17)21)18-10-5-6-11-12(8-10)20(19-14(11)22)15(23)24-16(2,3)4;/h5-6,8-9H,7H2,1-4H3,(H4,17,18,19,21,22);/p-1. The smallest absolute Gasteiger partial charge is 0.434 e. The van der Waals surface area contributed by atoms with E-state index in [9.17, 15) is 14.4 Å². The molecule has 1 aromatic carbocycles. The molecule has 0 aliphatic carbocycles. The van der Waals surface area contributed by atoms with Crippen molar-refractivity contribution in [1.82, 2.24) is 9.78 Å². The van der Waals surface area contributed by atoms with Gasteiger partial charge in [0.05, 0.1) is 16.8 Å². The zero-order valence-electron chi connectivity index (χ0n) is 14.7. The summed E-state index contributed by atoms with van der Waals surface area (Å²) >= 11 is 0. The predicted molar refractivity (Wildman–Crippen MR) is 91.2 cm³/mol. The number of amides is 1. The van der Waals surface area contributed by atoms with E-state index in [2.05, 4.69) is 10.4 Å². The Bertz CT molecular complexity index is 835. The number of aromatic amines is 1. The minimum Gasteiger partial charge on any atom is -0.668 e. The molecule has 133 valence electrons. The van der Waals surface area contributed by atoms with Crippen LogP contribution in [0.15, 0.2) is 23.0 Å². The van der Waals surface area contributed by atoms with Crippen LogP contribution in [0.3, 0.4) is 0 Å². The number of fused-ring (bicyclic) bond motifs is 1. The molecule has 2 rings (SSSR count). The molecule has 1 aromatic heterocycles. The van der Waals surface area contributed by atoms with Crippen molar-refractivity contribution in [1.29, 1.82) is 0 Å². The summed E-state index contributed by atoms with van der Waals surface area (Å²) in [4.78, 5) is 35.1. The van der Waals surface area contributed by atoms with E-state index in [1.165, 1.54) is 0 Å². The molecule has 1 atom stereocenters. The predicted octanol–water partition coefficient (Wildman–Crippen LogP) is 2.88. The number of nitrogens with zero attached hydrogens (tertiary/aromatic N) is 1. The average Bonchev–Trinajstić information content (AvgIpc) is 2.73. The first-order chi connectivity index (χ1) is 11.1. The van der Waals surface area contributed by atoms with E-state index < -0.39 is 23.2 Å². The van der Waals surface area contributed by atoms with Crippen LogP contribution in [0.4, 0.5) is 10.5 Å². The molecule has 8 nitrogen and oxygen atoms in total. The number of benzene rings is 1. The monoisotopic (exact) mass is 422 g/mol. The van der Waals surface area contributed by atoms with Gasteiger partial charge >= 0.3 is 6.09 Å². The minimum absolute atomic E-state index is 0. The Hall–Kier alpha value is -1.67. The number of hydrogen-bond acceptors (Lipinski definition) is 5. The molecule has 0 bridgehead atoms. The van der Waals surface area contributed by atoms with Gasteiger partial charge in [0.2, 0.25) is 0 Å². The van der Waals surface area contributed by atoms with Gasteiger partial charge in [-0.2, -0.15) is 4.68 Å². The van der Waals surface area contributed by atoms with E-state index in [0.29, 0.717) is 16.6 Å². The Morgan fingerprint density at radius 3 is 2.56 bits per heavy atom. The van der Waals surface area contributed by atoms with Crippen LogP contribution < -0.4 is 10.9 Å². The maximum Gasteiger partial charge on any atom is 0.434 e. The van der Waals surface area contributed by atoms with Gasteiger partial charge in [0.1, 0.15) is 5.60 Å². The molecule has 0 spiro atoms. The van der Waals surface area contributed by atoms with Crippen LogP contribution in [0.2, 0.25) is 0 Å². The Morgan fingerprint density at radius 1 is 1.36 bits per heavy atom. The van der Waals surface area contributed by atoms with Crippen LogP contribution in [0.5, 0.6) is 0 Å². The number of nitrogens with one attached hydrogen (secondary N) is 3. The van der Waals surface area contributed by atoms with Gasteiger partial charge in [-0.25, -0.2) is 4.79 Å². The molecule has 0 aliphatic heterocycles. The third-order valence-corrected chi connectivity index (χ3v) is 3.18. The molecule has 1 radical (unpaired) electrons. The molecule has 9 heteroatoms. The van der Waals surface area contributed by atoms with Gasteiger partial charge < -0.3 is 20.6 Å². The zero-order chi connectivity index (χ0) is 18.1. The largest absolute Gasteiger partial charge is 0.668 e. The van der Waals surface area contributed by atoms with E-state index in [-0.39, 0.29) is 45.2 Å². The Kier molecular flexibility index (Phi) is 6.96. The zero-order valence-corrected chi connectivity index (χ0v) is 17.5. The first-order valence-corrected chi connectivity index (χ1v) is 7.56. The molecule has 2 aromatic rings. The first kappa shape index (κ1) is 21.4. The molecule has 0 fully saturated rings. The molecule has 0 aliphatic rings. The number of ether oxygens (including phenoxy) is 1. The summed E-state index contributed by atoms with van der Waals surface area (Å²) in [6.45, 7) is 6.98. The second-order valence-corrected chi connectivity index (χ2v) is 6.66. The van der Waals surface area contributed by atoms with Gasteiger partial charge in [-0.1, -0.05) is 0 Å². The van der Waals surface area contributed by atoms with Crippen molar-refractivity contribution < 1.29 is 47.0 Å². The Balaban J connectivity index is 0.00000312. The quantitative estimate of drug-likeness (QED) is 0.786. The van der Waals surface area contributed by atoms with Gasteiger partial charge in [-0.15, -0.1) is 0 Å². The van der Waals surface area contributed by atoms with E-state index in [0.717, 1.165) is 4.68 Å². The van der Waals surface area contributed by atoms with Gasteiger partial charge in [0, 0.05) is 50.9 Å². The summed E-state index contributed by atoms with van der Waals surface area (Å²) in [5.41, 5.74) is 6.92. The second kappa shape index (κ2) is 8.14. The van der Waals surface area contributed by atoms with Gasteiger partial charge in [0.25, 0.3) is 5.56 Å². The topological polar surface area (TPSA) is 117 Å². The molecule has 3 N–H and O–H groups in total. The van der Waals surface area contributed by atoms with Crippen molar-refractivity contribution in [2.24, 2.45) is 0 Å². The number of hydrogen-bond donors (Lipinski definition) is 2. The third-order valence-electron chi connectivity index (χ3n) is 3.18. The van der Waals surface area contributed by atoms with Crippen LogP contribution >= 0.6 is 0 Å².